The van der Waals surface area contributed by atoms with Crippen LogP contribution in [0, 0.1) is 6.92 Å². The van der Waals surface area contributed by atoms with Crippen LogP contribution in [-0.4, -0.2) is 37.2 Å². The molecule has 26 heavy (non-hydrogen) atoms. The fraction of sp³-hybridized carbons (Fsp3) is 0.263. The maximum Gasteiger partial charge on any atom is 0.239 e. The number of hydrogen-bond acceptors (Lipinski definition) is 4. The quantitative estimate of drug-likeness (QED) is 0.755. The van der Waals surface area contributed by atoms with E-state index in [1.807, 2.05) is 31.2 Å². The van der Waals surface area contributed by atoms with E-state index in [0.717, 1.165) is 21.7 Å². The molecule has 0 heterocycles. The Kier molecular flexibility index (Phi) is 6.28. The minimum atomic E-state index is -3.56. The molecule has 0 aliphatic carbocycles. The van der Waals surface area contributed by atoms with Gasteiger partial charge in [0, 0.05) is 17.8 Å². The van der Waals surface area contributed by atoms with Gasteiger partial charge in [0.2, 0.25) is 15.9 Å². The van der Waals surface area contributed by atoms with Crippen LogP contribution in [0.4, 0.5) is 5.69 Å². The third-order valence-electron chi connectivity index (χ3n) is 3.82. The normalized spacial score (nSPS) is 11.4. The Hall–Kier alpha value is -2.51. The Morgan fingerprint density at radius 2 is 1.73 bits per heavy atom. The number of anilines is 1. The molecule has 0 saturated carbocycles. The number of rotatable bonds is 7. The van der Waals surface area contributed by atoms with Gasteiger partial charge in [0.15, 0.2) is 5.78 Å². The predicted octanol–water partition coefficient (Wildman–Crippen LogP) is 2.60. The van der Waals surface area contributed by atoms with Gasteiger partial charge in [0.1, 0.15) is 0 Å². The number of sulfonamides is 1. The average molecular weight is 374 g/mol. The fourth-order valence-corrected chi connectivity index (χ4v) is 3.10. The number of aryl methyl sites for hydroxylation is 1. The first-order valence-corrected chi connectivity index (χ1v) is 9.91. The highest BCUT2D eigenvalue weighted by molar-refractivity contribution is 7.88. The van der Waals surface area contributed by atoms with Crippen LogP contribution < -0.4 is 5.32 Å². The third-order valence-corrected chi connectivity index (χ3v) is 5.02. The van der Waals surface area contributed by atoms with Crippen LogP contribution in [-0.2, 0) is 21.4 Å². The largest absolute Gasteiger partial charge is 0.325 e. The van der Waals surface area contributed by atoms with Crippen LogP contribution in [0.25, 0.3) is 0 Å². The fourth-order valence-electron chi connectivity index (χ4n) is 2.36. The molecule has 0 aliphatic heterocycles. The Balaban J connectivity index is 2.10. The topological polar surface area (TPSA) is 83.6 Å². The van der Waals surface area contributed by atoms with Crippen molar-refractivity contribution in [2.75, 3.05) is 18.1 Å². The molecule has 2 aromatic rings. The molecule has 0 atom stereocenters. The lowest BCUT2D eigenvalue weighted by molar-refractivity contribution is -0.116. The Morgan fingerprint density at radius 3 is 2.31 bits per heavy atom. The summed E-state index contributed by atoms with van der Waals surface area (Å²) in [6, 6.07) is 14.0. The molecular weight excluding hydrogens is 352 g/mol. The average Bonchev–Trinajstić information content (AvgIpc) is 2.55. The second-order valence-electron chi connectivity index (χ2n) is 6.20. The van der Waals surface area contributed by atoms with Gasteiger partial charge in [-0.2, -0.15) is 4.31 Å². The van der Waals surface area contributed by atoms with Crippen molar-refractivity contribution in [3.63, 3.8) is 0 Å². The van der Waals surface area contributed by atoms with Crippen molar-refractivity contribution in [3.8, 4) is 0 Å². The van der Waals surface area contributed by atoms with Crippen LogP contribution in [0.3, 0.4) is 0 Å². The Labute approximate surface area is 153 Å². The van der Waals surface area contributed by atoms with Gasteiger partial charge in [-0.25, -0.2) is 8.42 Å². The molecule has 0 aromatic heterocycles. The second kappa shape index (κ2) is 8.25. The minimum absolute atomic E-state index is 0.111. The first kappa shape index (κ1) is 19.8. The van der Waals surface area contributed by atoms with Crippen LogP contribution in [0.1, 0.15) is 28.4 Å². The van der Waals surface area contributed by atoms with E-state index in [1.165, 1.54) is 6.92 Å². The zero-order valence-corrected chi connectivity index (χ0v) is 15.8. The minimum Gasteiger partial charge on any atom is -0.325 e. The molecular formula is C19H22N2O4S. The van der Waals surface area contributed by atoms with Gasteiger partial charge in [0.25, 0.3) is 0 Å². The number of hydrogen-bond donors (Lipinski definition) is 1. The van der Waals surface area contributed by atoms with E-state index in [2.05, 4.69) is 5.32 Å². The van der Waals surface area contributed by atoms with Crippen molar-refractivity contribution in [2.45, 2.75) is 20.4 Å². The SMILES string of the molecule is CC(=O)c1cccc(NC(=O)CN(Cc2ccc(C)cc2)S(C)(=O)=O)c1. The number of amides is 1. The van der Waals surface area contributed by atoms with Crippen LogP contribution >= 0.6 is 0 Å². The van der Waals surface area contributed by atoms with E-state index < -0.39 is 15.9 Å². The molecule has 1 N–H and O–H groups in total. The number of nitrogens with one attached hydrogen (secondary N) is 1. The van der Waals surface area contributed by atoms with Crippen LogP contribution in [0.15, 0.2) is 48.5 Å². The van der Waals surface area contributed by atoms with Crippen molar-refractivity contribution in [3.05, 3.63) is 65.2 Å². The standard InChI is InChI=1S/C19H22N2O4S/c1-14-7-9-16(10-8-14)12-21(26(3,24)25)13-19(23)20-18-6-4-5-17(11-18)15(2)22/h4-11H,12-13H2,1-3H3,(H,20,23). The highest BCUT2D eigenvalue weighted by atomic mass is 32.2. The van der Waals surface area contributed by atoms with Gasteiger partial charge in [-0.15, -0.1) is 0 Å². The molecule has 0 radical (unpaired) electrons. The molecule has 0 fully saturated rings. The van der Waals surface area contributed by atoms with Gasteiger partial charge in [-0.3, -0.25) is 9.59 Å². The first-order chi connectivity index (χ1) is 12.1. The molecule has 0 aliphatic rings. The molecule has 0 saturated heterocycles. The van der Waals surface area contributed by atoms with E-state index in [1.54, 1.807) is 24.3 Å². The molecule has 2 rings (SSSR count). The lowest BCUT2D eigenvalue weighted by Crippen LogP contribution is -2.36. The van der Waals surface area contributed by atoms with E-state index in [0.29, 0.717) is 11.3 Å². The summed E-state index contributed by atoms with van der Waals surface area (Å²) >= 11 is 0. The summed E-state index contributed by atoms with van der Waals surface area (Å²) in [5, 5.41) is 2.64. The van der Waals surface area contributed by atoms with Crippen molar-refractivity contribution >= 4 is 27.4 Å². The van der Waals surface area contributed by atoms with Gasteiger partial charge < -0.3 is 5.32 Å². The zero-order valence-electron chi connectivity index (χ0n) is 15.0. The molecule has 7 heteroatoms. The van der Waals surface area contributed by atoms with Gasteiger partial charge in [-0.1, -0.05) is 42.0 Å². The smallest absolute Gasteiger partial charge is 0.239 e. The Morgan fingerprint density at radius 1 is 1.08 bits per heavy atom. The second-order valence-corrected chi connectivity index (χ2v) is 8.18. The number of carbonyl (C=O) groups excluding carboxylic acids is 2. The van der Waals surface area contributed by atoms with Gasteiger partial charge in [0.05, 0.1) is 12.8 Å². The summed E-state index contributed by atoms with van der Waals surface area (Å²) in [5.74, 6) is -0.582. The first-order valence-electron chi connectivity index (χ1n) is 8.06. The lowest BCUT2D eigenvalue weighted by atomic mass is 10.1. The maximum atomic E-state index is 12.3. The summed E-state index contributed by atoms with van der Waals surface area (Å²) in [7, 11) is -3.56. The predicted molar refractivity (Wildman–Crippen MR) is 102 cm³/mol. The maximum absolute atomic E-state index is 12.3. The Bertz CT molecular complexity index is 905. The third kappa shape index (κ3) is 5.79. The monoisotopic (exact) mass is 374 g/mol. The summed E-state index contributed by atoms with van der Waals surface area (Å²) < 4.78 is 25.2. The van der Waals surface area contributed by atoms with E-state index >= 15 is 0 Å². The highest BCUT2D eigenvalue weighted by Gasteiger charge is 2.20. The van der Waals surface area contributed by atoms with Gasteiger partial charge in [-0.05, 0) is 31.5 Å². The zero-order chi connectivity index (χ0) is 19.3. The molecule has 0 bridgehead atoms. The van der Waals surface area contributed by atoms with Crippen molar-refractivity contribution in [2.24, 2.45) is 0 Å². The van der Waals surface area contributed by atoms with E-state index in [-0.39, 0.29) is 18.9 Å². The van der Waals surface area contributed by atoms with E-state index in [9.17, 15) is 18.0 Å². The number of nitrogens with zero attached hydrogens (tertiary/aromatic N) is 1. The van der Waals surface area contributed by atoms with Crippen molar-refractivity contribution < 1.29 is 18.0 Å². The molecule has 2 aromatic carbocycles. The number of Topliss-reactive ketones (excluding diaryl/α,β-unsaturated/α-hetero) is 1. The summed E-state index contributed by atoms with van der Waals surface area (Å²) in [6.45, 7) is 3.19. The van der Waals surface area contributed by atoms with Crippen LogP contribution in [0.5, 0.6) is 0 Å². The lowest BCUT2D eigenvalue weighted by Gasteiger charge is -2.19. The summed E-state index contributed by atoms with van der Waals surface area (Å²) in [4.78, 5) is 23.7. The van der Waals surface area contributed by atoms with Gasteiger partial charge >= 0.3 is 0 Å². The van der Waals surface area contributed by atoms with E-state index in [4.69, 9.17) is 0 Å². The summed E-state index contributed by atoms with van der Waals surface area (Å²) in [6.07, 6.45) is 1.07. The molecule has 6 nitrogen and oxygen atoms in total. The molecule has 0 spiro atoms. The van der Waals surface area contributed by atoms with Crippen molar-refractivity contribution in [1.29, 1.82) is 0 Å². The number of benzene rings is 2. The van der Waals surface area contributed by atoms with Crippen LogP contribution in [0.2, 0.25) is 0 Å². The number of carbonyl (C=O) groups is 2. The summed E-state index contributed by atoms with van der Waals surface area (Å²) in [5.41, 5.74) is 2.80. The molecule has 138 valence electrons. The highest BCUT2D eigenvalue weighted by Crippen LogP contribution is 2.13. The van der Waals surface area contributed by atoms with Crippen molar-refractivity contribution in [1.82, 2.24) is 4.31 Å². The molecule has 0 unspecified atom stereocenters. The molecule has 1 amide bonds. The number of ketones is 1.